The van der Waals surface area contributed by atoms with E-state index in [1.807, 2.05) is 16.8 Å². The molecule has 1 fully saturated rings. The van der Waals surface area contributed by atoms with E-state index in [2.05, 4.69) is 25.1 Å². The van der Waals surface area contributed by atoms with Crippen molar-refractivity contribution >= 4 is 28.5 Å². The van der Waals surface area contributed by atoms with Crippen LogP contribution >= 0.6 is 0 Å². The van der Waals surface area contributed by atoms with Gasteiger partial charge in [-0.1, -0.05) is 12.1 Å². The van der Waals surface area contributed by atoms with Crippen molar-refractivity contribution in [2.45, 2.75) is 25.3 Å². The van der Waals surface area contributed by atoms with Crippen LogP contribution in [0.5, 0.6) is 0 Å². The van der Waals surface area contributed by atoms with Gasteiger partial charge in [0.15, 0.2) is 17.1 Å². The molecule has 0 unspecified atom stereocenters. The number of hydroxylamine groups is 1. The molecule has 1 amide bonds. The van der Waals surface area contributed by atoms with Gasteiger partial charge in [-0.2, -0.15) is 14.6 Å². The number of nitrogens with zero attached hydrogens (tertiary/aromatic N) is 7. The van der Waals surface area contributed by atoms with Crippen LogP contribution in [0.2, 0.25) is 0 Å². The molecule has 36 heavy (non-hydrogen) atoms. The Morgan fingerprint density at radius 2 is 1.92 bits per heavy atom. The van der Waals surface area contributed by atoms with Crippen LogP contribution in [0.15, 0.2) is 53.3 Å². The smallest absolute Gasteiger partial charge is 0.274 e. The standard InChI is InChI=1S/C24H25N9O3/c25-24-28-21-18(22-27-20(29-33(22)24)19-2-1-13-36-19)14-26-32(21)12-11-31-9-7-16(8-10-31)15-3-5-17(6-4-15)23(34)30-35/h1-6,13-14,16,35H,7-12H2,(H2,25,28)(H,30,34). The van der Waals surface area contributed by atoms with Gasteiger partial charge in [-0.15, -0.1) is 5.10 Å². The summed E-state index contributed by atoms with van der Waals surface area (Å²) in [5.41, 5.74) is 10.8. The predicted octanol–water partition coefficient (Wildman–Crippen LogP) is 2.31. The lowest BCUT2D eigenvalue weighted by Gasteiger charge is -2.32. The Morgan fingerprint density at radius 1 is 1.11 bits per heavy atom. The number of nitrogens with one attached hydrogen (secondary N) is 1. The molecule has 1 aliphatic heterocycles. The lowest BCUT2D eigenvalue weighted by molar-refractivity contribution is 0.0706. The number of hydrogen-bond acceptors (Lipinski definition) is 9. The molecular formula is C24H25N9O3. The third-order valence-corrected chi connectivity index (χ3v) is 6.80. The van der Waals surface area contributed by atoms with Crippen LogP contribution in [0.25, 0.3) is 28.3 Å². The van der Waals surface area contributed by atoms with E-state index in [9.17, 15) is 4.79 Å². The van der Waals surface area contributed by atoms with Gasteiger partial charge in [0.25, 0.3) is 5.91 Å². The van der Waals surface area contributed by atoms with E-state index in [4.69, 9.17) is 15.4 Å². The Labute approximate surface area is 205 Å². The molecule has 5 aromatic rings. The second-order valence-electron chi connectivity index (χ2n) is 8.90. The van der Waals surface area contributed by atoms with Crippen LogP contribution in [-0.4, -0.2) is 65.0 Å². The predicted molar refractivity (Wildman–Crippen MR) is 130 cm³/mol. The van der Waals surface area contributed by atoms with E-state index in [0.717, 1.165) is 37.9 Å². The SMILES string of the molecule is Nc1nc2c(cnn2CCN2CCC(c3ccc(C(=O)NO)cc3)CC2)c2nc(-c3ccco3)nn12. The lowest BCUT2D eigenvalue weighted by atomic mass is 9.89. The minimum absolute atomic E-state index is 0.243. The summed E-state index contributed by atoms with van der Waals surface area (Å²) in [6, 6.07) is 11.0. The molecule has 4 N–H and O–H groups in total. The van der Waals surface area contributed by atoms with Crippen LogP contribution in [0, 0.1) is 0 Å². The van der Waals surface area contributed by atoms with E-state index < -0.39 is 5.91 Å². The largest absolute Gasteiger partial charge is 0.461 e. The fraction of sp³-hybridized carbons (Fsp3) is 0.292. The fourth-order valence-corrected chi connectivity index (χ4v) is 4.83. The second-order valence-corrected chi connectivity index (χ2v) is 8.90. The average molecular weight is 488 g/mol. The van der Waals surface area contributed by atoms with E-state index >= 15 is 0 Å². The maximum absolute atomic E-state index is 11.5. The molecule has 0 aliphatic carbocycles. The van der Waals surface area contributed by atoms with Crippen molar-refractivity contribution in [1.82, 2.24) is 39.7 Å². The van der Waals surface area contributed by atoms with Crippen molar-refractivity contribution in [2.75, 3.05) is 25.4 Å². The molecule has 6 rings (SSSR count). The number of aromatic nitrogens is 6. The number of likely N-dealkylation sites (tertiary alicyclic amines) is 1. The highest BCUT2D eigenvalue weighted by Crippen LogP contribution is 2.28. The Bertz CT molecular complexity index is 1510. The van der Waals surface area contributed by atoms with Crippen molar-refractivity contribution in [2.24, 2.45) is 0 Å². The Morgan fingerprint density at radius 3 is 2.64 bits per heavy atom. The lowest BCUT2D eigenvalue weighted by Crippen LogP contribution is -2.35. The summed E-state index contributed by atoms with van der Waals surface area (Å²) < 4.78 is 8.79. The first-order valence-electron chi connectivity index (χ1n) is 11.8. The van der Waals surface area contributed by atoms with E-state index in [-0.39, 0.29) is 5.95 Å². The van der Waals surface area contributed by atoms with Gasteiger partial charge >= 0.3 is 0 Å². The van der Waals surface area contributed by atoms with Crippen LogP contribution < -0.4 is 11.2 Å². The van der Waals surface area contributed by atoms with E-state index in [1.165, 1.54) is 10.1 Å². The molecule has 1 saturated heterocycles. The number of hydrogen-bond donors (Lipinski definition) is 3. The minimum Gasteiger partial charge on any atom is -0.461 e. The number of piperidine rings is 1. The molecule has 0 bridgehead atoms. The number of fused-ring (bicyclic) bond motifs is 3. The monoisotopic (exact) mass is 487 g/mol. The molecule has 1 aliphatic rings. The van der Waals surface area contributed by atoms with E-state index in [0.29, 0.717) is 40.9 Å². The Kier molecular flexibility index (Phi) is 5.58. The number of nitrogen functional groups attached to an aromatic ring is 1. The first-order valence-corrected chi connectivity index (χ1v) is 11.8. The summed E-state index contributed by atoms with van der Waals surface area (Å²) in [6.07, 6.45) is 5.40. The summed E-state index contributed by atoms with van der Waals surface area (Å²) in [4.78, 5) is 23.1. The first-order chi connectivity index (χ1) is 17.6. The van der Waals surface area contributed by atoms with Crippen molar-refractivity contribution in [3.05, 3.63) is 60.0 Å². The molecular weight excluding hydrogens is 462 g/mol. The number of amides is 1. The maximum atomic E-state index is 11.5. The van der Waals surface area contributed by atoms with E-state index in [1.54, 1.807) is 42.2 Å². The summed E-state index contributed by atoms with van der Waals surface area (Å²) in [7, 11) is 0. The third kappa shape index (κ3) is 3.95. The van der Waals surface area contributed by atoms with Gasteiger partial charge in [0.05, 0.1) is 24.4 Å². The van der Waals surface area contributed by atoms with Crippen LogP contribution in [0.4, 0.5) is 5.95 Å². The zero-order chi connectivity index (χ0) is 24.6. The zero-order valence-corrected chi connectivity index (χ0v) is 19.4. The van der Waals surface area contributed by atoms with Crippen LogP contribution in [-0.2, 0) is 6.54 Å². The quantitative estimate of drug-likeness (QED) is 0.242. The highest BCUT2D eigenvalue weighted by Gasteiger charge is 2.22. The van der Waals surface area contributed by atoms with Crippen LogP contribution in [0.1, 0.15) is 34.7 Å². The molecule has 5 heterocycles. The zero-order valence-electron chi connectivity index (χ0n) is 19.4. The third-order valence-electron chi connectivity index (χ3n) is 6.80. The summed E-state index contributed by atoms with van der Waals surface area (Å²) in [5.74, 6) is 1.20. The van der Waals surface area contributed by atoms with Gasteiger partial charge < -0.3 is 15.1 Å². The van der Waals surface area contributed by atoms with Crippen molar-refractivity contribution < 1.29 is 14.4 Å². The van der Waals surface area contributed by atoms with Gasteiger partial charge in [0, 0.05) is 12.1 Å². The molecule has 0 atom stereocenters. The highest BCUT2D eigenvalue weighted by molar-refractivity contribution is 5.93. The van der Waals surface area contributed by atoms with Gasteiger partial charge in [0.2, 0.25) is 11.8 Å². The van der Waals surface area contributed by atoms with Crippen molar-refractivity contribution in [3.8, 4) is 11.6 Å². The van der Waals surface area contributed by atoms with Crippen LogP contribution in [0.3, 0.4) is 0 Å². The minimum atomic E-state index is -0.499. The highest BCUT2D eigenvalue weighted by atomic mass is 16.5. The summed E-state index contributed by atoms with van der Waals surface area (Å²) in [6.45, 7) is 3.47. The number of nitrogens with two attached hydrogens (primary N) is 1. The first kappa shape index (κ1) is 22.2. The molecule has 1 aromatic carbocycles. The second kappa shape index (κ2) is 9.06. The van der Waals surface area contributed by atoms with Crippen molar-refractivity contribution in [3.63, 3.8) is 0 Å². The fourth-order valence-electron chi connectivity index (χ4n) is 4.83. The number of benzene rings is 1. The molecule has 0 saturated carbocycles. The molecule has 12 nitrogen and oxygen atoms in total. The molecule has 4 aromatic heterocycles. The summed E-state index contributed by atoms with van der Waals surface area (Å²) in [5, 5.41) is 18.5. The topological polar surface area (TPSA) is 153 Å². The summed E-state index contributed by atoms with van der Waals surface area (Å²) >= 11 is 0. The molecule has 0 spiro atoms. The number of anilines is 1. The van der Waals surface area contributed by atoms with Crippen molar-refractivity contribution in [1.29, 1.82) is 0 Å². The molecule has 184 valence electrons. The number of carbonyl (C=O) groups is 1. The number of furan rings is 1. The average Bonchev–Trinajstić information content (AvgIpc) is 3.67. The maximum Gasteiger partial charge on any atom is 0.274 e. The van der Waals surface area contributed by atoms with Gasteiger partial charge in [-0.3, -0.25) is 10.0 Å². The normalized spacial score (nSPS) is 15.1. The molecule has 12 heteroatoms. The number of rotatable bonds is 6. The van der Waals surface area contributed by atoms with Gasteiger partial charge in [0.1, 0.15) is 0 Å². The molecule has 0 radical (unpaired) electrons. The Balaban J connectivity index is 1.12. The van der Waals surface area contributed by atoms with Gasteiger partial charge in [-0.25, -0.2) is 15.1 Å². The number of carbonyl (C=O) groups excluding carboxylic acids is 1. The Hall–Kier alpha value is -4.29. The van der Waals surface area contributed by atoms with Gasteiger partial charge in [-0.05, 0) is 61.7 Å².